The molecule has 1 amide bonds. The Labute approximate surface area is 185 Å². The van der Waals surface area contributed by atoms with Crippen molar-refractivity contribution in [1.29, 1.82) is 0 Å². The fraction of sp³-hybridized carbons (Fsp3) is 0.364. The van der Waals surface area contributed by atoms with Crippen LogP contribution >= 0.6 is 34.8 Å². The number of aromatic nitrogens is 2. The topological polar surface area (TPSA) is 49.0 Å². The molecule has 152 valence electrons. The van der Waals surface area contributed by atoms with Crippen LogP contribution in [0, 0.1) is 0 Å². The van der Waals surface area contributed by atoms with Gasteiger partial charge in [0, 0.05) is 40.5 Å². The SMILES string of the molecule is CC(=O)N(Cc1cc(Cl)cc(Cl)c1)C1CCCC(c2nc3ccc(Cl)cc3[nH]2)C1. The van der Waals surface area contributed by atoms with Crippen LogP contribution in [0.25, 0.3) is 11.0 Å². The lowest BCUT2D eigenvalue weighted by Gasteiger charge is -2.36. The summed E-state index contributed by atoms with van der Waals surface area (Å²) in [6, 6.07) is 11.3. The molecule has 1 heterocycles. The number of nitrogens with zero attached hydrogens (tertiary/aromatic N) is 2. The Morgan fingerprint density at radius 2 is 1.86 bits per heavy atom. The molecule has 4 rings (SSSR count). The number of carbonyl (C=O) groups is 1. The second-order valence-electron chi connectivity index (χ2n) is 7.73. The van der Waals surface area contributed by atoms with E-state index >= 15 is 0 Å². The van der Waals surface area contributed by atoms with Gasteiger partial charge in [-0.25, -0.2) is 4.98 Å². The van der Waals surface area contributed by atoms with Gasteiger partial charge in [-0.3, -0.25) is 4.79 Å². The summed E-state index contributed by atoms with van der Waals surface area (Å²) in [6.07, 6.45) is 3.96. The molecule has 0 bridgehead atoms. The highest BCUT2D eigenvalue weighted by Gasteiger charge is 2.30. The lowest BCUT2D eigenvalue weighted by atomic mass is 9.84. The number of fused-ring (bicyclic) bond motifs is 1. The Hall–Kier alpha value is -1.75. The number of amides is 1. The summed E-state index contributed by atoms with van der Waals surface area (Å²) < 4.78 is 0. The van der Waals surface area contributed by atoms with Crippen LogP contribution in [0.3, 0.4) is 0 Å². The van der Waals surface area contributed by atoms with Gasteiger partial charge in [0.1, 0.15) is 5.82 Å². The summed E-state index contributed by atoms with van der Waals surface area (Å²) in [4.78, 5) is 22.6. The molecule has 1 aromatic heterocycles. The number of hydrogen-bond donors (Lipinski definition) is 1. The zero-order chi connectivity index (χ0) is 20.5. The van der Waals surface area contributed by atoms with E-state index in [1.165, 1.54) is 0 Å². The van der Waals surface area contributed by atoms with Gasteiger partial charge < -0.3 is 9.88 Å². The summed E-state index contributed by atoms with van der Waals surface area (Å²) in [5, 5.41) is 1.86. The first-order chi connectivity index (χ1) is 13.9. The Morgan fingerprint density at radius 1 is 1.10 bits per heavy atom. The quantitative estimate of drug-likeness (QED) is 0.487. The maximum Gasteiger partial charge on any atom is 0.219 e. The second-order valence-corrected chi connectivity index (χ2v) is 9.03. The fourth-order valence-corrected chi connectivity index (χ4v) is 5.03. The van der Waals surface area contributed by atoms with Gasteiger partial charge in [-0.15, -0.1) is 0 Å². The predicted octanol–water partition coefficient (Wildman–Crippen LogP) is 6.60. The molecule has 2 unspecified atom stereocenters. The number of benzene rings is 2. The number of H-pyrrole nitrogens is 1. The normalized spacial score (nSPS) is 19.4. The number of nitrogens with one attached hydrogen (secondary N) is 1. The molecule has 29 heavy (non-hydrogen) atoms. The van der Waals surface area contributed by atoms with Crippen LogP contribution in [-0.4, -0.2) is 26.8 Å². The lowest BCUT2D eigenvalue weighted by molar-refractivity contribution is -0.132. The maximum absolute atomic E-state index is 12.5. The highest BCUT2D eigenvalue weighted by atomic mass is 35.5. The predicted molar refractivity (Wildman–Crippen MR) is 119 cm³/mol. The number of halogens is 3. The molecule has 3 aromatic rings. The molecule has 1 N–H and O–H groups in total. The van der Waals surface area contributed by atoms with E-state index < -0.39 is 0 Å². The average Bonchev–Trinajstić information content (AvgIpc) is 3.08. The number of rotatable bonds is 4. The summed E-state index contributed by atoms with van der Waals surface area (Å²) in [7, 11) is 0. The first-order valence-corrected chi connectivity index (χ1v) is 10.9. The van der Waals surface area contributed by atoms with E-state index in [0.717, 1.165) is 48.1 Å². The van der Waals surface area contributed by atoms with E-state index in [0.29, 0.717) is 21.6 Å². The van der Waals surface area contributed by atoms with Gasteiger partial charge >= 0.3 is 0 Å². The van der Waals surface area contributed by atoms with E-state index in [4.69, 9.17) is 39.8 Å². The molecule has 0 radical (unpaired) electrons. The summed E-state index contributed by atoms with van der Waals surface area (Å²) in [5.41, 5.74) is 2.81. The molecular weight excluding hydrogens is 429 g/mol. The smallest absolute Gasteiger partial charge is 0.219 e. The van der Waals surface area contributed by atoms with Crippen LogP contribution in [0.5, 0.6) is 0 Å². The van der Waals surface area contributed by atoms with E-state index in [-0.39, 0.29) is 17.9 Å². The summed E-state index contributed by atoms with van der Waals surface area (Å²) >= 11 is 18.4. The minimum absolute atomic E-state index is 0.0585. The second kappa shape index (κ2) is 8.55. The third-order valence-electron chi connectivity index (χ3n) is 5.62. The molecule has 0 aliphatic heterocycles. The fourth-order valence-electron chi connectivity index (χ4n) is 4.29. The number of carbonyl (C=O) groups excluding carboxylic acids is 1. The number of imidazole rings is 1. The maximum atomic E-state index is 12.5. The molecule has 1 saturated carbocycles. The van der Waals surface area contributed by atoms with E-state index in [9.17, 15) is 4.79 Å². The highest BCUT2D eigenvalue weighted by molar-refractivity contribution is 6.34. The number of aromatic amines is 1. The zero-order valence-electron chi connectivity index (χ0n) is 16.1. The van der Waals surface area contributed by atoms with E-state index in [1.54, 1.807) is 13.0 Å². The molecule has 1 aliphatic rings. The van der Waals surface area contributed by atoms with Crippen molar-refractivity contribution >= 4 is 51.7 Å². The van der Waals surface area contributed by atoms with Crippen molar-refractivity contribution in [2.45, 2.75) is 51.1 Å². The molecule has 1 aliphatic carbocycles. The molecular formula is C22H22Cl3N3O. The molecule has 4 nitrogen and oxygen atoms in total. The van der Waals surface area contributed by atoms with E-state index in [2.05, 4.69) is 4.98 Å². The van der Waals surface area contributed by atoms with Gasteiger partial charge in [0.15, 0.2) is 0 Å². The number of hydrogen-bond acceptors (Lipinski definition) is 2. The van der Waals surface area contributed by atoms with Crippen LogP contribution in [0.1, 0.15) is 49.9 Å². The van der Waals surface area contributed by atoms with Crippen LogP contribution in [0.15, 0.2) is 36.4 Å². The van der Waals surface area contributed by atoms with Crippen molar-refractivity contribution in [3.63, 3.8) is 0 Å². The molecule has 1 fully saturated rings. The molecule has 2 atom stereocenters. The minimum Gasteiger partial charge on any atom is -0.342 e. The van der Waals surface area contributed by atoms with Crippen molar-refractivity contribution in [1.82, 2.24) is 14.9 Å². The van der Waals surface area contributed by atoms with E-state index in [1.807, 2.05) is 35.2 Å². The van der Waals surface area contributed by atoms with Gasteiger partial charge in [-0.1, -0.05) is 41.2 Å². The van der Waals surface area contributed by atoms with Crippen molar-refractivity contribution < 1.29 is 4.79 Å². The highest BCUT2D eigenvalue weighted by Crippen LogP contribution is 2.35. The van der Waals surface area contributed by atoms with Crippen molar-refractivity contribution in [3.8, 4) is 0 Å². The van der Waals surface area contributed by atoms with Crippen LogP contribution in [0.4, 0.5) is 0 Å². The molecule has 0 spiro atoms. The Kier molecular flexibility index (Phi) is 6.05. The van der Waals surface area contributed by atoms with Crippen molar-refractivity contribution in [2.75, 3.05) is 0 Å². The largest absolute Gasteiger partial charge is 0.342 e. The zero-order valence-corrected chi connectivity index (χ0v) is 18.4. The van der Waals surface area contributed by atoms with Crippen molar-refractivity contribution in [3.05, 3.63) is 62.9 Å². The minimum atomic E-state index is 0.0585. The van der Waals surface area contributed by atoms with Gasteiger partial charge in [0.2, 0.25) is 5.91 Å². The van der Waals surface area contributed by atoms with Crippen LogP contribution < -0.4 is 0 Å². The van der Waals surface area contributed by atoms with Gasteiger partial charge in [-0.2, -0.15) is 0 Å². The van der Waals surface area contributed by atoms with Gasteiger partial charge in [-0.05, 0) is 61.2 Å². The van der Waals surface area contributed by atoms with Crippen molar-refractivity contribution in [2.24, 2.45) is 0 Å². The third kappa shape index (κ3) is 4.71. The first kappa shape index (κ1) is 20.5. The summed E-state index contributed by atoms with van der Waals surface area (Å²) in [5.74, 6) is 1.31. The Balaban J connectivity index is 1.55. The third-order valence-corrected chi connectivity index (χ3v) is 6.29. The Bertz CT molecular complexity index is 1030. The molecule has 7 heteroatoms. The van der Waals surface area contributed by atoms with Gasteiger partial charge in [0.05, 0.1) is 11.0 Å². The van der Waals surface area contributed by atoms with Crippen LogP contribution in [0.2, 0.25) is 15.1 Å². The Morgan fingerprint density at radius 3 is 2.59 bits per heavy atom. The molecule has 2 aromatic carbocycles. The first-order valence-electron chi connectivity index (χ1n) is 9.76. The lowest BCUT2D eigenvalue weighted by Crippen LogP contribution is -2.41. The summed E-state index contributed by atoms with van der Waals surface area (Å²) in [6.45, 7) is 2.13. The monoisotopic (exact) mass is 449 g/mol. The van der Waals surface area contributed by atoms with Gasteiger partial charge in [0.25, 0.3) is 0 Å². The average molecular weight is 451 g/mol. The van der Waals surface area contributed by atoms with Crippen LogP contribution in [-0.2, 0) is 11.3 Å². The standard InChI is InChI=1S/C22H22Cl3N3O/c1-13(29)28(12-14-7-17(24)10-18(25)8-14)19-4-2-3-15(9-19)22-26-20-6-5-16(23)11-21(20)27-22/h5-8,10-11,15,19H,2-4,9,12H2,1H3,(H,26,27). The molecule has 0 saturated heterocycles.